The summed E-state index contributed by atoms with van der Waals surface area (Å²) in [6.07, 6.45) is 0.762. The number of rotatable bonds is 7. The second kappa shape index (κ2) is 11.4. The molecule has 34 heavy (non-hydrogen) atoms. The molecule has 1 aliphatic heterocycles. The van der Waals surface area contributed by atoms with E-state index in [9.17, 15) is 4.79 Å². The molecule has 1 aliphatic rings. The molecule has 1 amide bonds. The first-order chi connectivity index (χ1) is 16.2. The van der Waals surface area contributed by atoms with Gasteiger partial charge >= 0.3 is 6.09 Å². The highest BCUT2D eigenvalue weighted by Crippen LogP contribution is 2.39. The van der Waals surface area contributed by atoms with E-state index in [0.29, 0.717) is 18.7 Å². The van der Waals surface area contributed by atoms with Crippen LogP contribution in [0.3, 0.4) is 0 Å². The van der Waals surface area contributed by atoms with Crippen LogP contribution in [0.1, 0.15) is 50.8 Å². The SMILES string of the molecule is Cc1cccc(-c2c(F)cccc2C(OCCN=[N+]=[N-])[C@@H]2CCCN(C(=O)OC(C)(C)C)C2)c1. The number of nitrogens with zero attached hydrogens (tertiary/aromatic N) is 4. The lowest BCUT2D eigenvalue weighted by Crippen LogP contribution is -2.44. The molecule has 8 heteroatoms. The maximum Gasteiger partial charge on any atom is 0.410 e. The fraction of sp³-hybridized carbons (Fsp3) is 0.500. The first-order valence-corrected chi connectivity index (χ1v) is 11.7. The Kier molecular flexibility index (Phi) is 8.53. The molecule has 1 fully saturated rings. The average Bonchev–Trinajstić information content (AvgIpc) is 2.78. The number of halogens is 1. The van der Waals surface area contributed by atoms with E-state index in [1.54, 1.807) is 11.0 Å². The van der Waals surface area contributed by atoms with Gasteiger partial charge in [-0.15, -0.1) is 0 Å². The van der Waals surface area contributed by atoms with Crippen LogP contribution in [-0.2, 0) is 9.47 Å². The van der Waals surface area contributed by atoms with Crippen LogP contribution >= 0.6 is 0 Å². The number of likely N-dealkylation sites (tertiary alicyclic amines) is 1. The summed E-state index contributed by atoms with van der Waals surface area (Å²) in [4.78, 5) is 17.2. The second-order valence-electron chi connectivity index (χ2n) is 9.65. The highest BCUT2D eigenvalue weighted by Gasteiger charge is 2.34. The van der Waals surface area contributed by atoms with Gasteiger partial charge in [0.05, 0.1) is 12.7 Å². The quantitative estimate of drug-likeness (QED) is 0.193. The van der Waals surface area contributed by atoms with Gasteiger partial charge in [0.1, 0.15) is 11.4 Å². The van der Waals surface area contributed by atoms with Crippen LogP contribution in [0.15, 0.2) is 47.6 Å². The Morgan fingerprint density at radius 1 is 1.29 bits per heavy atom. The van der Waals surface area contributed by atoms with Crippen molar-refractivity contribution in [2.75, 3.05) is 26.2 Å². The number of aryl methyl sites for hydroxylation is 1. The summed E-state index contributed by atoms with van der Waals surface area (Å²) in [6, 6.07) is 12.7. The smallest absolute Gasteiger partial charge is 0.410 e. The molecule has 0 saturated carbocycles. The van der Waals surface area contributed by atoms with Crippen LogP contribution in [0.4, 0.5) is 9.18 Å². The van der Waals surface area contributed by atoms with Gasteiger partial charge < -0.3 is 14.4 Å². The van der Waals surface area contributed by atoms with E-state index in [4.69, 9.17) is 15.0 Å². The number of hydrogen-bond donors (Lipinski definition) is 0. The van der Waals surface area contributed by atoms with E-state index in [0.717, 1.165) is 29.5 Å². The average molecular weight is 469 g/mol. The monoisotopic (exact) mass is 468 g/mol. The van der Waals surface area contributed by atoms with Gasteiger partial charge in [0.15, 0.2) is 0 Å². The molecule has 0 aliphatic carbocycles. The van der Waals surface area contributed by atoms with Crippen molar-refractivity contribution >= 4 is 6.09 Å². The Balaban J connectivity index is 1.96. The number of carbonyl (C=O) groups is 1. The lowest BCUT2D eigenvalue weighted by atomic mass is 9.84. The number of carbonyl (C=O) groups excluding carboxylic acids is 1. The largest absolute Gasteiger partial charge is 0.444 e. The molecule has 0 N–H and O–H groups in total. The molecule has 2 aromatic carbocycles. The van der Waals surface area contributed by atoms with Crippen molar-refractivity contribution in [1.82, 2.24) is 4.90 Å². The van der Waals surface area contributed by atoms with E-state index in [1.165, 1.54) is 6.07 Å². The van der Waals surface area contributed by atoms with Crippen LogP contribution in [-0.4, -0.2) is 42.8 Å². The topological polar surface area (TPSA) is 87.5 Å². The molecule has 0 bridgehead atoms. The molecule has 7 nitrogen and oxygen atoms in total. The molecular formula is C26H33FN4O3. The Morgan fingerprint density at radius 3 is 2.76 bits per heavy atom. The fourth-order valence-electron chi connectivity index (χ4n) is 4.38. The third kappa shape index (κ3) is 6.72. The maximum absolute atomic E-state index is 15.2. The van der Waals surface area contributed by atoms with E-state index >= 15 is 4.39 Å². The van der Waals surface area contributed by atoms with Crippen molar-refractivity contribution < 1.29 is 18.7 Å². The first-order valence-electron chi connectivity index (χ1n) is 11.7. The molecule has 0 radical (unpaired) electrons. The lowest BCUT2D eigenvalue weighted by Gasteiger charge is -2.38. The van der Waals surface area contributed by atoms with Gasteiger partial charge in [-0.3, -0.25) is 0 Å². The Morgan fingerprint density at radius 2 is 2.06 bits per heavy atom. The van der Waals surface area contributed by atoms with Crippen LogP contribution in [0.2, 0.25) is 0 Å². The minimum absolute atomic E-state index is 0.0716. The zero-order valence-electron chi connectivity index (χ0n) is 20.3. The summed E-state index contributed by atoms with van der Waals surface area (Å²) in [5, 5.41) is 3.57. The number of hydrogen-bond acceptors (Lipinski definition) is 4. The molecular weight excluding hydrogens is 435 g/mol. The van der Waals surface area contributed by atoms with Crippen molar-refractivity contribution in [2.24, 2.45) is 11.0 Å². The molecule has 1 unspecified atom stereocenters. The normalized spacial score (nSPS) is 17.1. The highest BCUT2D eigenvalue weighted by molar-refractivity contribution is 5.70. The van der Waals surface area contributed by atoms with Crippen molar-refractivity contribution in [3.63, 3.8) is 0 Å². The summed E-state index contributed by atoms with van der Waals surface area (Å²) in [5.41, 5.74) is 11.1. The summed E-state index contributed by atoms with van der Waals surface area (Å²) in [6.45, 7) is 8.90. The van der Waals surface area contributed by atoms with E-state index in [1.807, 2.05) is 58.0 Å². The minimum atomic E-state index is -0.587. The molecule has 1 heterocycles. The lowest BCUT2D eigenvalue weighted by molar-refractivity contribution is -0.0231. The first kappa shape index (κ1) is 25.5. The molecule has 3 rings (SSSR count). The van der Waals surface area contributed by atoms with E-state index in [2.05, 4.69) is 10.0 Å². The Bertz CT molecular complexity index is 1050. The van der Waals surface area contributed by atoms with Gasteiger partial charge in [-0.1, -0.05) is 47.1 Å². The second-order valence-corrected chi connectivity index (χ2v) is 9.65. The zero-order valence-corrected chi connectivity index (χ0v) is 20.3. The number of azide groups is 1. The van der Waals surface area contributed by atoms with Gasteiger partial charge in [-0.05, 0) is 63.3 Å². The molecule has 2 aromatic rings. The van der Waals surface area contributed by atoms with Gasteiger partial charge in [-0.25, -0.2) is 9.18 Å². The summed E-state index contributed by atoms with van der Waals surface area (Å²) < 4.78 is 27.0. The predicted molar refractivity (Wildman–Crippen MR) is 130 cm³/mol. The maximum atomic E-state index is 15.2. The third-order valence-corrected chi connectivity index (χ3v) is 5.75. The van der Waals surface area contributed by atoms with Gasteiger partial charge in [0, 0.05) is 36.0 Å². The van der Waals surface area contributed by atoms with E-state index in [-0.39, 0.29) is 31.0 Å². The molecule has 1 saturated heterocycles. The van der Waals surface area contributed by atoms with Crippen LogP contribution < -0.4 is 0 Å². The van der Waals surface area contributed by atoms with Crippen molar-refractivity contribution in [3.05, 3.63) is 69.9 Å². The molecule has 182 valence electrons. The highest BCUT2D eigenvalue weighted by atomic mass is 19.1. The summed E-state index contributed by atoms with van der Waals surface area (Å²) in [7, 11) is 0. The minimum Gasteiger partial charge on any atom is -0.444 e. The van der Waals surface area contributed by atoms with E-state index < -0.39 is 11.7 Å². The summed E-state index contributed by atoms with van der Waals surface area (Å²) >= 11 is 0. The van der Waals surface area contributed by atoms with Crippen LogP contribution in [0.25, 0.3) is 21.6 Å². The van der Waals surface area contributed by atoms with Crippen LogP contribution in [0.5, 0.6) is 0 Å². The summed E-state index contributed by atoms with van der Waals surface area (Å²) in [5.74, 6) is -0.399. The van der Waals surface area contributed by atoms with Crippen molar-refractivity contribution in [1.29, 1.82) is 0 Å². The number of ether oxygens (including phenoxy) is 2. The number of piperidine rings is 1. The molecule has 0 spiro atoms. The third-order valence-electron chi connectivity index (χ3n) is 5.75. The molecule has 0 aromatic heterocycles. The molecule has 2 atom stereocenters. The number of benzene rings is 2. The van der Waals surface area contributed by atoms with Gasteiger partial charge in [0.25, 0.3) is 0 Å². The number of amides is 1. The van der Waals surface area contributed by atoms with Gasteiger partial charge in [-0.2, -0.15) is 0 Å². The van der Waals surface area contributed by atoms with Crippen LogP contribution in [0, 0.1) is 18.7 Å². The standard InChI is InChI=1S/C26H33FN4O3/c1-18-8-5-9-19(16-18)23-21(11-6-12-22(23)27)24(33-15-13-29-30-28)20-10-7-14-31(17-20)25(32)34-26(2,3)4/h5-6,8-9,11-12,16,20,24H,7,10,13-15,17H2,1-4H3/t20-,24?/m1/s1. The van der Waals surface area contributed by atoms with Crippen molar-refractivity contribution in [2.45, 2.75) is 52.2 Å². The fourth-order valence-corrected chi connectivity index (χ4v) is 4.38. The Hall–Kier alpha value is -3.09. The van der Waals surface area contributed by atoms with Crippen molar-refractivity contribution in [3.8, 4) is 11.1 Å². The zero-order chi connectivity index (χ0) is 24.7. The Labute approximate surface area is 200 Å². The van der Waals surface area contributed by atoms with Gasteiger partial charge in [0.2, 0.25) is 0 Å². The predicted octanol–water partition coefficient (Wildman–Crippen LogP) is 6.82.